The highest BCUT2D eigenvalue weighted by atomic mass is 16.4. The van der Waals surface area contributed by atoms with E-state index in [9.17, 15) is 9.90 Å². The number of aromatic nitrogens is 1. The van der Waals surface area contributed by atoms with Crippen LogP contribution in [0.15, 0.2) is 66.3 Å². The van der Waals surface area contributed by atoms with Crippen molar-refractivity contribution < 1.29 is 9.90 Å². The van der Waals surface area contributed by atoms with Gasteiger partial charge >= 0.3 is 5.97 Å². The topological polar surface area (TPSA) is 42.2 Å². The maximum Gasteiger partial charge on any atom is 0.335 e. The van der Waals surface area contributed by atoms with E-state index in [0.717, 1.165) is 27.8 Å². The van der Waals surface area contributed by atoms with Gasteiger partial charge in [-0.25, -0.2) is 4.79 Å². The SMILES string of the molecule is Cc1ccc(-n2c3c(c4ccccc42)C=C(C(=O)O)C=CC3)cc1. The molecule has 0 fully saturated rings. The summed E-state index contributed by atoms with van der Waals surface area (Å²) in [5.74, 6) is -0.897. The molecule has 0 saturated heterocycles. The van der Waals surface area contributed by atoms with Crippen LogP contribution in [-0.2, 0) is 11.2 Å². The summed E-state index contributed by atoms with van der Waals surface area (Å²) in [5.41, 5.74) is 5.84. The van der Waals surface area contributed by atoms with Crippen LogP contribution in [0.2, 0.25) is 0 Å². The molecular formula is C21H17NO2. The van der Waals surface area contributed by atoms with E-state index < -0.39 is 5.97 Å². The van der Waals surface area contributed by atoms with Crippen molar-refractivity contribution in [1.29, 1.82) is 0 Å². The predicted octanol–water partition coefficient (Wildman–Crippen LogP) is 4.52. The third-order valence-corrected chi connectivity index (χ3v) is 4.46. The first kappa shape index (κ1) is 14.5. The van der Waals surface area contributed by atoms with Gasteiger partial charge in [-0.15, -0.1) is 0 Å². The Kier molecular flexibility index (Phi) is 3.35. The largest absolute Gasteiger partial charge is 0.478 e. The molecule has 0 amide bonds. The lowest BCUT2D eigenvalue weighted by molar-refractivity contribution is -0.132. The maximum absolute atomic E-state index is 11.4. The number of nitrogens with zero attached hydrogens (tertiary/aromatic N) is 1. The minimum Gasteiger partial charge on any atom is -0.478 e. The van der Waals surface area contributed by atoms with Gasteiger partial charge in [0.15, 0.2) is 0 Å². The van der Waals surface area contributed by atoms with Gasteiger partial charge in [-0.1, -0.05) is 48.0 Å². The minimum absolute atomic E-state index is 0.320. The Hall–Kier alpha value is -3.07. The zero-order valence-corrected chi connectivity index (χ0v) is 13.4. The maximum atomic E-state index is 11.4. The summed E-state index contributed by atoms with van der Waals surface area (Å²) in [6.45, 7) is 2.07. The molecule has 0 aliphatic heterocycles. The summed E-state index contributed by atoms with van der Waals surface area (Å²) in [4.78, 5) is 11.4. The molecule has 0 saturated carbocycles. The van der Waals surface area contributed by atoms with Gasteiger partial charge in [0.05, 0.1) is 11.1 Å². The van der Waals surface area contributed by atoms with E-state index >= 15 is 0 Å². The van der Waals surface area contributed by atoms with Gasteiger partial charge in [-0.05, 0) is 31.2 Å². The number of rotatable bonds is 2. The van der Waals surface area contributed by atoms with Gasteiger partial charge in [0, 0.05) is 28.8 Å². The zero-order valence-electron chi connectivity index (χ0n) is 13.4. The molecular weight excluding hydrogens is 298 g/mol. The number of fused-ring (bicyclic) bond motifs is 3. The number of carboxylic acids is 1. The zero-order chi connectivity index (χ0) is 16.7. The van der Waals surface area contributed by atoms with E-state index in [1.54, 1.807) is 12.2 Å². The van der Waals surface area contributed by atoms with Crippen LogP contribution in [0.5, 0.6) is 0 Å². The second-order valence-electron chi connectivity index (χ2n) is 6.06. The average Bonchev–Trinajstić information content (AvgIpc) is 2.74. The first-order valence-corrected chi connectivity index (χ1v) is 7.96. The van der Waals surface area contributed by atoms with Crippen molar-refractivity contribution in [1.82, 2.24) is 4.57 Å². The van der Waals surface area contributed by atoms with Crippen molar-refractivity contribution >= 4 is 22.9 Å². The van der Waals surface area contributed by atoms with Gasteiger partial charge in [-0.3, -0.25) is 0 Å². The summed E-state index contributed by atoms with van der Waals surface area (Å²) in [6.07, 6.45) is 6.10. The Labute approximate surface area is 140 Å². The number of hydrogen-bond donors (Lipinski definition) is 1. The van der Waals surface area contributed by atoms with Crippen molar-refractivity contribution in [3.8, 4) is 5.69 Å². The molecule has 0 radical (unpaired) electrons. The van der Waals surface area contributed by atoms with Crippen LogP contribution in [0.1, 0.15) is 16.8 Å². The van der Waals surface area contributed by atoms with E-state index in [-0.39, 0.29) is 0 Å². The Morgan fingerprint density at radius 3 is 2.58 bits per heavy atom. The lowest BCUT2D eigenvalue weighted by Gasteiger charge is -2.10. The molecule has 1 aliphatic rings. The third kappa shape index (κ3) is 2.26. The molecule has 3 nitrogen and oxygen atoms in total. The lowest BCUT2D eigenvalue weighted by Crippen LogP contribution is -2.00. The molecule has 118 valence electrons. The molecule has 1 N–H and O–H groups in total. The number of benzene rings is 2. The molecule has 24 heavy (non-hydrogen) atoms. The number of hydrogen-bond acceptors (Lipinski definition) is 1. The van der Waals surface area contributed by atoms with Gasteiger partial charge in [0.1, 0.15) is 0 Å². The van der Waals surface area contributed by atoms with Gasteiger partial charge in [0.25, 0.3) is 0 Å². The summed E-state index contributed by atoms with van der Waals surface area (Å²) in [6, 6.07) is 16.6. The van der Waals surface area contributed by atoms with E-state index in [2.05, 4.69) is 47.9 Å². The number of para-hydroxylation sites is 1. The molecule has 4 rings (SSSR count). The molecule has 0 bridgehead atoms. The Balaban J connectivity index is 2.06. The van der Waals surface area contributed by atoms with Crippen molar-refractivity contribution in [2.45, 2.75) is 13.3 Å². The molecule has 3 aromatic rings. The monoisotopic (exact) mass is 315 g/mol. The highest BCUT2D eigenvalue weighted by Gasteiger charge is 2.19. The van der Waals surface area contributed by atoms with Gasteiger partial charge in [0.2, 0.25) is 0 Å². The minimum atomic E-state index is -0.897. The Morgan fingerprint density at radius 2 is 1.83 bits per heavy atom. The first-order chi connectivity index (χ1) is 11.6. The number of carbonyl (C=O) groups is 1. The molecule has 0 spiro atoms. The van der Waals surface area contributed by atoms with Crippen LogP contribution >= 0.6 is 0 Å². The standard InChI is InChI=1S/C21H17NO2/c1-14-9-11-16(12-10-14)22-19-7-3-2-6-17(19)18-13-15(21(23)24)5-4-8-20(18)22/h2-7,9-13H,8H2,1H3,(H,23,24). The van der Waals surface area contributed by atoms with E-state index in [1.165, 1.54) is 5.56 Å². The average molecular weight is 315 g/mol. The normalized spacial score (nSPS) is 13.5. The molecule has 2 aromatic carbocycles. The van der Waals surface area contributed by atoms with Crippen LogP contribution in [-0.4, -0.2) is 15.6 Å². The van der Waals surface area contributed by atoms with Crippen molar-refractivity contribution in [3.05, 3.63) is 83.1 Å². The van der Waals surface area contributed by atoms with Gasteiger partial charge in [-0.2, -0.15) is 0 Å². The third-order valence-electron chi connectivity index (χ3n) is 4.46. The van der Waals surface area contributed by atoms with Gasteiger partial charge < -0.3 is 9.67 Å². The summed E-state index contributed by atoms with van der Waals surface area (Å²) >= 11 is 0. The van der Waals surface area contributed by atoms with Crippen LogP contribution in [0, 0.1) is 6.92 Å². The van der Waals surface area contributed by atoms with E-state index in [0.29, 0.717) is 12.0 Å². The van der Waals surface area contributed by atoms with Crippen molar-refractivity contribution in [3.63, 3.8) is 0 Å². The van der Waals surface area contributed by atoms with Crippen molar-refractivity contribution in [2.24, 2.45) is 0 Å². The fraction of sp³-hybridized carbons (Fsp3) is 0.0952. The van der Waals surface area contributed by atoms with Crippen molar-refractivity contribution in [2.75, 3.05) is 0 Å². The summed E-state index contributed by atoms with van der Waals surface area (Å²) in [5, 5.41) is 10.5. The number of aliphatic carboxylic acids is 1. The smallest absolute Gasteiger partial charge is 0.335 e. The molecule has 1 aliphatic carbocycles. The number of allylic oxidation sites excluding steroid dienone is 1. The Bertz CT molecular complexity index is 1000. The van der Waals surface area contributed by atoms with Crippen LogP contribution in [0.3, 0.4) is 0 Å². The van der Waals surface area contributed by atoms with Crippen LogP contribution in [0.4, 0.5) is 0 Å². The molecule has 3 heteroatoms. The first-order valence-electron chi connectivity index (χ1n) is 7.96. The Morgan fingerprint density at radius 1 is 1.08 bits per heavy atom. The molecule has 1 heterocycles. The van der Waals surface area contributed by atoms with Crippen LogP contribution in [0.25, 0.3) is 22.7 Å². The molecule has 0 unspecified atom stereocenters. The number of carboxylic acid groups (broad SMARTS) is 1. The second kappa shape index (κ2) is 5.53. The quantitative estimate of drug-likeness (QED) is 0.755. The predicted molar refractivity (Wildman–Crippen MR) is 96.5 cm³/mol. The van der Waals surface area contributed by atoms with E-state index in [4.69, 9.17) is 0 Å². The highest BCUT2D eigenvalue weighted by molar-refractivity contribution is 6.01. The highest BCUT2D eigenvalue weighted by Crippen LogP contribution is 2.33. The molecule has 1 aromatic heterocycles. The fourth-order valence-corrected chi connectivity index (χ4v) is 3.30. The number of aryl methyl sites for hydroxylation is 1. The van der Waals surface area contributed by atoms with Crippen LogP contribution < -0.4 is 0 Å². The summed E-state index contributed by atoms with van der Waals surface area (Å²) in [7, 11) is 0. The van der Waals surface area contributed by atoms with E-state index in [1.807, 2.05) is 18.2 Å². The molecule has 0 atom stereocenters. The fourth-order valence-electron chi connectivity index (χ4n) is 3.30. The second-order valence-corrected chi connectivity index (χ2v) is 6.06. The summed E-state index contributed by atoms with van der Waals surface area (Å²) < 4.78 is 2.23. The lowest BCUT2D eigenvalue weighted by atomic mass is 10.1.